The van der Waals surface area contributed by atoms with E-state index >= 15 is 0 Å². The SMILES string of the molecule is CC(C)C(C(=O)O)n1ccnc1-c1ccccc1. The van der Waals surface area contributed by atoms with Crippen LogP contribution in [0.4, 0.5) is 0 Å². The molecule has 0 bridgehead atoms. The maximum atomic E-state index is 11.4. The van der Waals surface area contributed by atoms with Gasteiger partial charge in [-0.15, -0.1) is 0 Å². The molecule has 0 aliphatic carbocycles. The first-order valence-electron chi connectivity index (χ1n) is 5.92. The van der Waals surface area contributed by atoms with Crippen molar-refractivity contribution in [2.75, 3.05) is 0 Å². The van der Waals surface area contributed by atoms with Crippen LogP contribution in [0.2, 0.25) is 0 Å². The number of imidazole rings is 1. The highest BCUT2D eigenvalue weighted by molar-refractivity contribution is 5.73. The predicted molar refractivity (Wildman–Crippen MR) is 69.2 cm³/mol. The van der Waals surface area contributed by atoms with Gasteiger partial charge in [0.25, 0.3) is 0 Å². The Morgan fingerprint density at radius 2 is 1.94 bits per heavy atom. The molecule has 4 nitrogen and oxygen atoms in total. The summed E-state index contributed by atoms with van der Waals surface area (Å²) in [6.45, 7) is 3.79. The van der Waals surface area contributed by atoms with E-state index in [-0.39, 0.29) is 5.92 Å². The number of aliphatic carboxylic acids is 1. The van der Waals surface area contributed by atoms with Gasteiger partial charge >= 0.3 is 5.97 Å². The molecule has 0 fully saturated rings. The minimum absolute atomic E-state index is 0.000776. The lowest BCUT2D eigenvalue weighted by atomic mass is 10.0. The Bertz CT molecular complexity index is 532. The first-order chi connectivity index (χ1) is 8.61. The average molecular weight is 244 g/mol. The number of hydrogen-bond donors (Lipinski definition) is 1. The fourth-order valence-corrected chi connectivity index (χ4v) is 2.07. The Kier molecular flexibility index (Phi) is 3.46. The zero-order chi connectivity index (χ0) is 13.1. The Morgan fingerprint density at radius 3 is 2.50 bits per heavy atom. The van der Waals surface area contributed by atoms with Gasteiger partial charge in [-0.05, 0) is 5.92 Å². The number of aromatic nitrogens is 2. The Hall–Kier alpha value is -2.10. The maximum absolute atomic E-state index is 11.4. The van der Waals surface area contributed by atoms with Gasteiger partial charge in [0.2, 0.25) is 0 Å². The van der Waals surface area contributed by atoms with Crippen LogP contribution in [-0.2, 0) is 4.79 Å². The molecule has 0 amide bonds. The highest BCUT2D eigenvalue weighted by atomic mass is 16.4. The maximum Gasteiger partial charge on any atom is 0.327 e. The summed E-state index contributed by atoms with van der Waals surface area (Å²) in [5.74, 6) is -0.143. The second-order valence-corrected chi connectivity index (χ2v) is 4.55. The van der Waals surface area contributed by atoms with Crippen molar-refractivity contribution >= 4 is 5.97 Å². The number of nitrogens with zero attached hydrogens (tertiary/aromatic N) is 2. The molecule has 94 valence electrons. The van der Waals surface area contributed by atoms with Crippen molar-refractivity contribution in [1.29, 1.82) is 0 Å². The largest absolute Gasteiger partial charge is 0.480 e. The summed E-state index contributed by atoms with van der Waals surface area (Å²) in [5, 5.41) is 9.34. The average Bonchev–Trinajstić information content (AvgIpc) is 2.78. The van der Waals surface area contributed by atoms with Gasteiger partial charge in [-0.3, -0.25) is 0 Å². The molecule has 1 heterocycles. The summed E-state index contributed by atoms with van der Waals surface area (Å²) in [7, 11) is 0. The van der Waals surface area contributed by atoms with Gasteiger partial charge < -0.3 is 9.67 Å². The van der Waals surface area contributed by atoms with Crippen LogP contribution in [0.1, 0.15) is 19.9 Å². The van der Waals surface area contributed by atoms with Crippen molar-refractivity contribution in [2.24, 2.45) is 5.92 Å². The molecule has 0 saturated heterocycles. The van der Waals surface area contributed by atoms with Crippen LogP contribution in [0.15, 0.2) is 42.7 Å². The summed E-state index contributed by atoms with van der Waals surface area (Å²) in [5.41, 5.74) is 0.925. The van der Waals surface area contributed by atoms with E-state index in [0.717, 1.165) is 5.56 Å². The molecule has 0 radical (unpaired) electrons. The van der Waals surface area contributed by atoms with Crippen molar-refractivity contribution in [2.45, 2.75) is 19.9 Å². The zero-order valence-corrected chi connectivity index (χ0v) is 10.4. The smallest absolute Gasteiger partial charge is 0.327 e. The van der Waals surface area contributed by atoms with Crippen molar-refractivity contribution in [3.63, 3.8) is 0 Å². The number of carboxylic acid groups (broad SMARTS) is 1. The summed E-state index contributed by atoms with van der Waals surface area (Å²) in [6, 6.07) is 9.02. The topological polar surface area (TPSA) is 55.1 Å². The van der Waals surface area contributed by atoms with Crippen molar-refractivity contribution in [3.8, 4) is 11.4 Å². The molecule has 0 aliphatic rings. The van der Waals surface area contributed by atoms with Crippen LogP contribution < -0.4 is 0 Å². The van der Waals surface area contributed by atoms with Gasteiger partial charge in [0.15, 0.2) is 0 Å². The number of carbonyl (C=O) groups is 1. The monoisotopic (exact) mass is 244 g/mol. The molecule has 1 aromatic heterocycles. The third kappa shape index (κ3) is 2.27. The van der Waals surface area contributed by atoms with Gasteiger partial charge in [0.05, 0.1) is 0 Å². The molecule has 0 saturated carbocycles. The van der Waals surface area contributed by atoms with Gasteiger partial charge in [-0.1, -0.05) is 44.2 Å². The Balaban J connectivity index is 2.47. The minimum atomic E-state index is -0.833. The summed E-state index contributed by atoms with van der Waals surface area (Å²) >= 11 is 0. The van der Waals surface area contributed by atoms with Gasteiger partial charge in [0, 0.05) is 18.0 Å². The van der Waals surface area contributed by atoms with E-state index in [1.165, 1.54) is 0 Å². The first-order valence-corrected chi connectivity index (χ1v) is 5.92. The second kappa shape index (κ2) is 5.04. The lowest BCUT2D eigenvalue weighted by Gasteiger charge is -2.20. The third-order valence-electron chi connectivity index (χ3n) is 2.88. The Labute approximate surface area is 106 Å². The molecule has 1 unspecified atom stereocenters. The molecule has 4 heteroatoms. The standard InChI is InChI=1S/C14H16N2O2/c1-10(2)12(14(17)18)16-9-8-15-13(16)11-6-4-3-5-7-11/h3-10,12H,1-2H3,(H,17,18). The molecule has 1 aromatic carbocycles. The molecular weight excluding hydrogens is 228 g/mol. The second-order valence-electron chi connectivity index (χ2n) is 4.55. The molecular formula is C14H16N2O2. The number of rotatable bonds is 4. The molecule has 2 rings (SSSR count). The molecule has 18 heavy (non-hydrogen) atoms. The fourth-order valence-electron chi connectivity index (χ4n) is 2.07. The summed E-state index contributed by atoms with van der Waals surface area (Å²) < 4.78 is 1.72. The zero-order valence-electron chi connectivity index (χ0n) is 10.4. The van der Waals surface area contributed by atoms with E-state index in [2.05, 4.69) is 4.98 Å². The molecule has 2 aromatic rings. The quantitative estimate of drug-likeness (QED) is 0.899. The summed E-state index contributed by atoms with van der Waals surface area (Å²) in [6.07, 6.45) is 3.36. The van der Waals surface area contributed by atoms with Gasteiger partial charge in [0.1, 0.15) is 11.9 Å². The fraction of sp³-hybridized carbons (Fsp3) is 0.286. The molecule has 1 N–H and O–H groups in total. The van der Waals surface area contributed by atoms with E-state index in [1.807, 2.05) is 44.2 Å². The van der Waals surface area contributed by atoms with Crippen molar-refractivity contribution < 1.29 is 9.90 Å². The number of hydrogen-bond acceptors (Lipinski definition) is 2. The van der Waals surface area contributed by atoms with Gasteiger partial charge in [-0.2, -0.15) is 0 Å². The predicted octanol–water partition coefficient (Wildman–Crippen LogP) is 2.83. The van der Waals surface area contributed by atoms with Crippen LogP contribution in [0.5, 0.6) is 0 Å². The third-order valence-corrected chi connectivity index (χ3v) is 2.88. The normalized spacial score (nSPS) is 12.6. The van der Waals surface area contributed by atoms with Crippen LogP contribution in [0, 0.1) is 5.92 Å². The van der Waals surface area contributed by atoms with Crippen LogP contribution in [0.3, 0.4) is 0 Å². The van der Waals surface area contributed by atoms with Gasteiger partial charge in [-0.25, -0.2) is 9.78 Å². The van der Waals surface area contributed by atoms with E-state index in [4.69, 9.17) is 0 Å². The van der Waals surface area contributed by atoms with E-state index in [9.17, 15) is 9.90 Å². The number of carboxylic acids is 1. The van der Waals surface area contributed by atoms with E-state index < -0.39 is 12.0 Å². The Morgan fingerprint density at radius 1 is 1.28 bits per heavy atom. The molecule has 0 spiro atoms. The lowest BCUT2D eigenvalue weighted by Crippen LogP contribution is -2.24. The van der Waals surface area contributed by atoms with Crippen molar-refractivity contribution in [3.05, 3.63) is 42.7 Å². The van der Waals surface area contributed by atoms with Crippen LogP contribution in [-0.4, -0.2) is 20.6 Å². The van der Waals surface area contributed by atoms with E-state index in [1.54, 1.807) is 17.0 Å². The highest BCUT2D eigenvalue weighted by Gasteiger charge is 2.25. The molecule has 0 aliphatic heterocycles. The first kappa shape index (κ1) is 12.4. The number of benzene rings is 1. The van der Waals surface area contributed by atoms with E-state index in [0.29, 0.717) is 5.82 Å². The van der Waals surface area contributed by atoms with Crippen LogP contribution in [0.25, 0.3) is 11.4 Å². The minimum Gasteiger partial charge on any atom is -0.480 e. The van der Waals surface area contributed by atoms with Crippen molar-refractivity contribution in [1.82, 2.24) is 9.55 Å². The highest BCUT2D eigenvalue weighted by Crippen LogP contribution is 2.25. The van der Waals surface area contributed by atoms with Crippen LogP contribution >= 0.6 is 0 Å². The molecule has 1 atom stereocenters. The summed E-state index contributed by atoms with van der Waals surface area (Å²) in [4.78, 5) is 15.6. The lowest BCUT2D eigenvalue weighted by molar-refractivity contribution is -0.142.